The Hall–Kier alpha value is -3.74. The number of carbonyl (C=O) groups is 4. The minimum atomic E-state index is -1.22. The minimum Gasteiger partial charge on any atom is -0.480 e. The summed E-state index contributed by atoms with van der Waals surface area (Å²) in [4.78, 5) is 64.4. The highest BCUT2D eigenvalue weighted by Crippen LogP contribution is 2.12. The number of H-pyrrole nitrogens is 2. The molecule has 0 aliphatic heterocycles. The number of carbonyl (C=O) groups excluding carboxylic acids is 3. The van der Waals surface area contributed by atoms with Gasteiger partial charge in [-0.3, -0.25) is 14.4 Å². The first-order chi connectivity index (χ1) is 17.5. The molecule has 2 aromatic heterocycles. The fourth-order valence-corrected chi connectivity index (χ4v) is 3.74. The Kier molecular flexibility index (Phi) is 11.2. The van der Waals surface area contributed by atoms with Gasteiger partial charge >= 0.3 is 5.97 Å². The van der Waals surface area contributed by atoms with Gasteiger partial charge in [0, 0.05) is 36.6 Å². The van der Waals surface area contributed by atoms with Crippen LogP contribution in [0.2, 0.25) is 0 Å². The third kappa shape index (κ3) is 9.33. The zero-order valence-electron chi connectivity index (χ0n) is 21.7. The maximum atomic E-state index is 13.3. The Morgan fingerprint density at radius 2 is 1.46 bits per heavy atom. The monoisotopic (exact) mass is 518 g/mol. The SMILES string of the molecule is CCC(C)C(NC(=O)C(N)Cc1cnc[nH]1)C(=O)NC(CC(C)C)C(=O)NC(Cc1cnc[nH]1)C(=O)O. The Bertz CT molecular complexity index is 1010. The predicted octanol–water partition coefficient (Wildman–Crippen LogP) is -0.123. The molecule has 2 aromatic rings. The molecular weight excluding hydrogens is 480 g/mol. The second kappa shape index (κ2) is 14.1. The number of carboxylic acid groups (broad SMARTS) is 1. The lowest BCUT2D eigenvalue weighted by molar-refractivity contribution is -0.142. The van der Waals surface area contributed by atoms with Gasteiger partial charge in [0.1, 0.15) is 18.1 Å². The van der Waals surface area contributed by atoms with E-state index >= 15 is 0 Å². The highest BCUT2D eigenvalue weighted by Gasteiger charge is 2.33. The van der Waals surface area contributed by atoms with E-state index in [0.29, 0.717) is 17.8 Å². The van der Waals surface area contributed by atoms with Crippen LogP contribution in [0, 0.1) is 11.8 Å². The Morgan fingerprint density at radius 3 is 1.95 bits per heavy atom. The molecule has 37 heavy (non-hydrogen) atoms. The molecule has 3 amide bonds. The predicted molar refractivity (Wildman–Crippen MR) is 135 cm³/mol. The van der Waals surface area contributed by atoms with Crippen LogP contribution in [0.5, 0.6) is 0 Å². The normalized spacial score (nSPS) is 15.3. The molecule has 0 radical (unpaired) electrons. The van der Waals surface area contributed by atoms with Crippen LogP contribution in [0.15, 0.2) is 25.0 Å². The molecule has 13 nitrogen and oxygen atoms in total. The van der Waals surface area contributed by atoms with E-state index in [2.05, 4.69) is 35.9 Å². The van der Waals surface area contributed by atoms with E-state index in [-0.39, 0.29) is 31.1 Å². The maximum absolute atomic E-state index is 13.3. The van der Waals surface area contributed by atoms with Crippen molar-refractivity contribution in [2.24, 2.45) is 17.6 Å². The van der Waals surface area contributed by atoms with Crippen LogP contribution in [-0.2, 0) is 32.0 Å². The van der Waals surface area contributed by atoms with E-state index in [4.69, 9.17) is 5.73 Å². The molecule has 13 heteroatoms. The summed E-state index contributed by atoms with van der Waals surface area (Å²) in [6, 6.07) is -4.07. The number of rotatable bonds is 15. The van der Waals surface area contributed by atoms with Gasteiger partial charge in [0.2, 0.25) is 17.7 Å². The number of hydrogen-bond donors (Lipinski definition) is 7. The smallest absolute Gasteiger partial charge is 0.326 e. The summed E-state index contributed by atoms with van der Waals surface area (Å²) in [5.74, 6) is -3.12. The first-order valence-electron chi connectivity index (χ1n) is 12.4. The zero-order valence-corrected chi connectivity index (χ0v) is 21.7. The minimum absolute atomic E-state index is 0.00316. The van der Waals surface area contributed by atoms with Crippen LogP contribution in [0.1, 0.15) is 51.9 Å². The topological polar surface area (TPSA) is 208 Å². The largest absolute Gasteiger partial charge is 0.480 e. The van der Waals surface area contributed by atoms with Gasteiger partial charge in [-0.05, 0) is 18.3 Å². The third-order valence-corrected chi connectivity index (χ3v) is 6.06. The van der Waals surface area contributed by atoms with Crippen molar-refractivity contribution in [1.29, 1.82) is 0 Å². The third-order valence-electron chi connectivity index (χ3n) is 6.06. The number of carboxylic acids is 1. The van der Waals surface area contributed by atoms with Crippen LogP contribution in [-0.4, -0.2) is 72.9 Å². The van der Waals surface area contributed by atoms with Crippen LogP contribution >= 0.6 is 0 Å². The van der Waals surface area contributed by atoms with E-state index in [1.165, 1.54) is 18.9 Å². The lowest BCUT2D eigenvalue weighted by Gasteiger charge is -2.28. The number of nitrogens with zero attached hydrogens (tertiary/aromatic N) is 2. The summed E-state index contributed by atoms with van der Waals surface area (Å²) in [7, 11) is 0. The van der Waals surface area contributed by atoms with Gasteiger partial charge < -0.3 is 36.8 Å². The lowest BCUT2D eigenvalue weighted by atomic mass is 9.96. The average molecular weight is 519 g/mol. The molecule has 0 saturated heterocycles. The van der Waals surface area contributed by atoms with Gasteiger partial charge in [0.05, 0.1) is 18.7 Å². The number of nitrogens with one attached hydrogen (secondary N) is 5. The summed E-state index contributed by atoms with van der Waals surface area (Å²) >= 11 is 0. The van der Waals surface area contributed by atoms with E-state index in [1.807, 2.05) is 27.7 Å². The molecular formula is C24H38N8O5. The molecule has 0 bridgehead atoms. The van der Waals surface area contributed by atoms with Gasteiger partial charge in [0.25, 0.3) is 0 Å². The molecule has 204 valence electrons. The molecule has 5 atom stereocenters. The van der Waals surface area contributed by atoms with Gasteiger partial charge in [-0.15, -0.1) is 0 Å². The highest BCUT2D eigenvalue weighted by atomic mass is 16.4. The van der Waals surface area contributed by atoms with Crippen molar-refractivity contribution in [2.75, 3.05) is 0 Å². The summed E-state index contributed by atoms with van der Waals surface area (Å²) < 4.78 is 0. The first-order valence-corrected chi connectivity index (χ1v) is 12.4. The summed E-state index contributed by atoms with van der Waals surface area (Å²) in [5, 5.41) is 17.6. The van der Waals surface area contributed by atoms with Crippen molar-refractivity contribution in [3.63, 3.8) is 0 Å². The molecule has 2 rings (SSSR count). The van der Waals surface area contributed by atoms with Gasteiger partial charge in [-0.25, -0.2) is 14.8 Å². The van der Waals surface area contributed by atoms with Gasteiger partial charge in [-0.2, -0.15) is 0 Å². The summed E-state index contributed by atoms with van der Waals surface area (Å²) in [6.45, 7) is 7.46. The Balaban J connectivity index is 2.11. The molecule has 2 heterocycles. The second-order valence-corrected chi connectivity index (χ2v) is 9.63. The fourth-order valence-electron chi connectivity index (χ4n) is 3.74. The van der Waals surface area contributed by atoms with E-state index in [0.717, 1.165) is 0 Å². The zero-order chi connectivity index (χ0) is 27.5. The molecule has 8 N–H and O–H groups in total. The molecule has 0 aliphatic carbocycles. The van der Waals surface area contributed by atoms with Crippen LogP contribution in [0.3, 0.4) is 0 Å². The average Bonchev–Trinajstić information content (AvgIpc) is 3.54. The molecule has 0 saturated carbocycles. The van der Waals surface area contributed by atoms with Crippen molar-refractivity contribution < 1.29 is 24.3 Å². The summed E-state index contributed by atoms with van der Waals surface area (Å²) in [5.41, 5.74) is 7.26. The van der Waals surface area contributed by atoms with Gasteiger partial charge in [0.15, 0.2) is 0 Å². The van der Waals surface area contributed by atoms with E-state index in [9.17, 15) is 24.3 Å². The summed E-state index contributed by atoms with van der Waals surface area (Å²) in [6.07, 6.45) is 7.02. The second-order valence-electron chi connectivity index (χ2n) is 9.63. The van der Waals surface area contributed by atoms with Gasteiger partial charge in [-0.1, -0.05) is 34.1 Å². The van der Waals surface area contributed by atoms with E-state index < -0.39 is 47.9 Å². The van der Waals surface area contributed by atoms with Crippen molar-refractivity contribution in [2.45, 2.75) is 77.5 Å². The molecule has 0 spiro atoms. The maximum Gasteiger partial charge on any atom is 0.326 e. The molecule has 0 aromatic carbocycles. The number of aromatic nitrogens is 4. The number of hydrogen-bond acceptors (Lipinski definition) is 7. The van der Waals surface area contributed by atoms with Crippen molar-refractivity contribution in [3.8, 4) is 0 Å². The standard InChI is InChI=1S/C24H38N8O5/c1-5-14(4)20(32-21(33)17(25)7-15-9-26-11-28-15)23(35)30-18(6-13(2)3)22(34)31-19(24(36)37)8-16-10-27-12-29-16/h9-14,17-20H,5-8,25H2,1-4H3,(H,26,28)(H,27,29)(H,30,35)(H,31,34)(H,32,33)(H,36,37). The Labute approximate surface area is 215 Å². The number of nitrogens with two attached hydrogens (primary N) is 1. The molecule has 5 unspecified atom stereocenters. The van der Waals surface area contributed by atoms with Crippen LogP contribution < -0.4 is 21.7 Å². The number of amides is 3. The number of imidazole rings is 2. The number of aliphatic carboxylic acids is 1. The lowest BCUT2D eigenvalue weighted by Crippen LogP contribution is -2.59. The molecule has 0 fully saturated rings. The fraction of sp³-hybridized carbons (Fsp3) is 0.583. The Morgan fingerprint density at radius 1 is 0.892 bits per heavy atom. The number of aromatic amines is 2. The van der Waals surface area contributed by atoms with Crippen LogP contribution in [0.25, 0.3) is 0 Å². The van der Waals surface area contributed by atoms with Crippen LogP contribution in [0.4, 0.5) is 0 Å². The molecule has 0 aliphatic rings. The highest BCUT2D eigenvalue weighted by molar-refractivity contribution is 5.94. The van der Waals surface area contributed by atoms with Crippen molar-refractivity contribution in [1.82, 2.24) is 35.9 Å². The van der Waals surface area contributed by atoms with E-state index in [1.54, 1.807) is 6.20 Å². The van der Waals surface area contributed by atoms with Crippen molar-refractivity contribution in [3.05, 3.63) is 36.4 Å². The van der Waals surface area contributed by atoms with Crippen molar-refractivity contribution >= 4 is 23.7 Å². The first kappa shape index (κ1) is 29.5. The quantitative estimate of drug-likeness (QED) is 0.169.